The molecule has 0 spiro atoms. The zero-order valence-corrected chi connectivity index (χ0v) is 16.1. The quantitative estimate of drug-likeness (QED) is 0.592. The van der Waals surface area contributed by atoms with Crippen LogP contribution in [0.5, 0.6) is 0 Å². The number of hydrogen-bond donors (Lipinski definition) is 1. The molecule has 144 valence electrons. The normalized spacial score (nSPS) is 13.9. The van der Waals surface area contributed by atoms with Crippen LogP contribution in [-0.2, 0) is 14.3 Å². The van der Waals surface area contributed by atoms with Crippen LogP contribution >= 0.6 is 23.2 Å². The molecule has 0 unspecified atom stereocenters. The smallest absolute Gasteiger partial charge is 0.326 e. The number of esters is 1. The molecule has 1 aliphatic heterocycles. The number of hydrogen-bond acceptors (Lipinski definition) is 5. The molecule has 3 rings (SSSR count). The van der Waals surface area contributed by atoms with Crippen molar-refractivity contribution in [3.63, 3.8) is 0 Å². The van der Waals surface area contributed by atoms with Crippen molar-refractivity contribution >= 4 is 52.6 Å². The first-order valence-corrected chi connectivity index (χ1v) is 8.94. The van der Waals surface area contributed by atoms with E-state index in [9.17, 15) is 19.2 Å². The maximum atomic E-state index is 12.3. The van der Waals surface area contributed by atoms with Crippen LogP contribution in [-0.4, -0.2) is 41.2 Å². The predicted octanol–water partition coefficient (Wildman–Crippen LogP) is 3.16. The zero-order valence-electron chi connectivity index (χ0n) is 14.6. The van der Waals surface area contributed by atoms with E-state index in [4.69, 9.17) is 27.9 Å². The van der Waals surface area contributed by atoms with Crippen molar-refractivity contribution in [2.24, 2.45) is 0 Å². The van der Waals surface area contributed by atoms with Crippen LogP contribution in [0.4, 0.5) is 5.69 Å². The molecular formula is C19H14Cl2N2O5. The van der Waals surface area contributed by atoms with Gasteiger partial charge < -0.3 is 10.1 Å². The number of nitrogens with zero attached hydrogens (tertiary/aromatic N) is 1. The third-order valence-corrected chi connectivity index (χ3v) is 4.59. The van der Waals surface area contributed by atoms with Crippen molar-refractivity contribution in [3.8, 4) is 0 Å². The molecule has 2 aromatic rings. The third-order valence-electron chi connectivity index (χ3n) is 4.03. The summed E-state index contributed by atoms with van der Waals surface area (Å²) in [6.07, 6.45) is -1.18. The Kier molecular flexibility index (Phi) is 5.67. The first kappa shape index (κ1) is 19.9. The monoisotopic (exact) mass is 420 g/mol. The van der Waals surface area contributed by atoms with Gasteiger partial charge in [0.25, 0.3) is 17.7 Å². The first-order chi connectivity index (χ1) is 13.3. The number of anilines is 1. The number of benzene rings is 2. The lowest BCUT2D eigenvalue weighted by Crippen LogP contribution is -2.38. The number of rotatable bonds is 5. The van der Waals surface area contributed by atoms with Crippen LogP contribution < -0.4 is 5.32 Å². The first-order valence-electron chi connectivity index (χ1n) is 8.18. The molecule has 28 heavy (non-hydrogen) atoms. The summed E-state index contributed by atoms with van der Waals surface area (Å²) in [4.78, 5) is 49.7. The highest BCUT2D eigenvalue weighted by Crippen LogP contribution is 2.26. The Morgan fingerprint density at radius 2 is 1.68 bits per heavy atom. The molecule has 1 N–H and O–H groups in total. The fraction of sp³-hybridized carbons (Fsp3) is 0.158. The van der Waals surface area contributed by atoms with Crippen LogP contribution in [0.2, 0.25) is 10.0 Å². The van der Waals surface area contributed by atoms with Crippen LogP contribution in [0.1, 0.15) is 27.6 Å². The molecule has 0 aromatic heterocycles. The van der Waals surface area contributed by atoms with Crippen molar-refractivity contribution < 1.29 is 23.9 Å². The molecule has 0 saturated heterocycles. The number of halogens is 2. The lowest BCUT2D eigenvalue weighted by atomic mass is 10.1. The Hall–Kier alpha value is -2.90. The average Bonchev–Trinajstić information content (AvgIpc) is 2.90. The van der Waals surface area contributed by atoms with Crippen molar-refractivity contribution in [2.45, 2.75) is 13.0 Å². The van der Waals surface area contributed by atoms with Gasteiger partial charge in [0.15, 0.2) is 6.10 Å². The fourth-order valence-corrected chi connectivity index (χ4v) is 2.96. The van der Waals surface area contributed by atoms with Gasteiger partial charge in [-0.25, -0.2) is 0 Å². The van der Waals surface area contributed by atoms with Gasteiger partial charge in [-0.3, -0.25) is 24.1 Å². The molecule has 9 heteroatoms. The predicted molar refractivity (Wildman–Crippen MR) is 102 cm³/mol. The van der Waals surface area contributed by atoms with Crippen molar-refractivity contribution in [1.29, 1.82) is 0 Å². The Morgan fingerprint density at radius 1 is 1.07 bits per heavy atom. The van der Waals surface area contributed by atoms with Crippen LogP contribution in [0.15, 0.2) is 42.5 Å². The van der Waals surface area contributed by atoms with Crippen LogP contribution in [0.25, 0.3) is 0 Å². The van der Waals surface area contributed by atoms with Crippen molar-refractivity contribution in [1.82, 2.24) is 4.90 Å². The van der Waals surface area contributed by atoms with E-state index in [2.05, 4.69) is 5.32 Å². The Morgan fingerprint density at radius 3 is 2.29 bits per heavy atom. The Bertz CT molecular complexity index is 957. The topological polar surface area (TPSA) is 92.8 Å². The second-order valence-electron chi connectivity index (χ2n) is 5.99. The van der Waals surface area contributed by atoms with Gasteiger partial charge in [0, 0.05) is 5.02 Å². The fourth-order valence-electron chi connectivity index (χ4n) is 2.63. The minimum absolute atomic E-state index is 0.224. The van der Waals surface area contributed by atoms with Gasteiger partial charge in [0.05, 0.1) is 21.8 Å². The highest BCUT2D eigenvalue weighted by atomic mass is 35.5. The minimum atomic E-state index is -1.18. The number of nitrogens with one attached hydrogen (secondary N) is 1. The van der Waals surface area contributed by atoms with Gasteiger partial charge >= 0.3 is 5.97 Å². The third kappa shape index (κ3) is 4.00. The summed E-state index contributed by atoms with van der Waals surface area (Å²) in [5, 5.41) is 3.14. The van der Waals surface area contributed by atoms with E-state index in [1.807, 2.05) is 0 Å². The summed E-state index contributed by atoms with van der Waals surface area (Å²) < 4.78 is 5.04. The Balaban J connectivity index is 1.60. The summed E-state index contributed by atoms with van der Waals surface area (Å²) >= 11 is 11.8. The summed E-state index contributed by atoms with van der Waals surface area (Å²) in [7, 11) is 0. The Labute approximate surface area is 170 Å². The molecule has 2 aromatic carbocycles. The zero-order chi connectivity index (χ0) is 20.4. The molecule has 7 nitrogen and oxygen atoms in total. The lowest BCUT2D eigenvalue weighted by Gasteiger charge is -2.17. The maximum absolute atomic E-state index is 12.3. The molecule has 0 bridgehead atoms. The highest BCUT2D eigenvalue weighted by molar-refractivity contribution is 6.35. The SMILES string of the molecule is C[C@H](OC(=O)CN1C(=O)c2ccccc2C1=O)C(=O)Nc1cc(Cl)ccc1Cl. The van der Waals surface area contributed by atoms with E-state index >= 15 is 0 Å². The summed E-state index contributed by atoms with van der Waals surface area (Å²) in [5.74, 6) is -2.70. The standard InChI is InChI=1S/C19H14Cl2N2O5/c1-10(17(25)22-15-8-11(20)6-7-14(15)21)28-16(24)9-23-18(26)12-4-2-3-5-13(12)19(23)27/h2-8,10H,9H2,1H3,(H,22,25)/t10-/m0/s1. The van der Waals surface area contributed by atoms with Gasteiger partial charge in [0.2, 0.25) is 0 Å². The van der Waals surface area contributed by atoms with Gasteiger partial charge in [-0.05, 0) is 37.3 Å². The molecule has 1 aliphatic rings. The molecule has 0 saturated carbocycles. The van der Waals surface area contributed by atoms with E-state index in [-0.39, 0.29) is 21.8 Å². The van der Waals surface area contributed by atoms with Crippen LogP contribution in [0, 0.1) is 0 Å². The maximum Gasteiger partial charge on any atom is 0.326 e. The highest BCUT2D eigenvalue weighted by Gasteiger charge is 2.37. The van der Waals surface area contributed by atoms with E-state index < -0.39 is 36.3 Å². The van der Waals surface area contributed by atoms with Crippen molar-refractivity contribution in [3.05, 3.63) is 63.6 Å². The number of carbonyl (C=O) groups is 4. The molecule has 1 heterocycles. The second kappa shape index (κ2) is 8.00. The van der Waals surface area contributed by atoms with Crippen molar-refractivity contribution in [2.75, 3.05) is 11.9 Å². The van der Waals surface area contributed by atoms with Crippen LogP contribution in [0.3, 0.4) is 0 Å². The molecular weight excluding hydrogens is 407 g/mol. The molecule has 0 aliphatic carbocycles. The number of fused-ring (bicyclic) bond motifs is 1. The van der Waals surface area contributed by atoms with Gasteiger partial charge in [-0.1, -0.05) is 35.3 Å². The minimum Gasteiger partial charge on any atom is -0.451 e. The summed E-state index contributed by atoms with van der Waals surface area (Å²) in [5.41, 5.74) is 0.714. The molecule has 0 fully saturated rings. The van der Waals surface area contributed by atoms with Gasteiger partial charge in [-0.15, -0.1) is 0 Å². The van der Waals surface area contributed by atoms with E-state index in [0.29, 0.717) is 5.02 Å². The second-order valence-corrected chi connectivity index (χ2v) is 6.83. The number of imide groups is 1. The van der Waals surface area contributed by atoms with E-state index in [0.717, 1.165) is 4.90 Å². The van der Waals surface area contributed by atoms with Gasteiger partial charge in [0.1, 0.15) is 6.54 Å². The summed E-state index contributed by atoms with van der Waals surface area (Å²) in [6.45, 7) is 0.760. The molecule has 1 atom stereocenters. The lowest BCUT2D eigenvalue weighted by molar-refractivity contribution is -0.153. The average molecular weight is 421 g/mol. The number of ether oxygens (including phenoxy) is 1. The molecule has 3 amide bonds. The van der Waals surface area contributed by atoms with E-state index in [1.165, 1.54) is 31.2 Å². The summed E-state index contributed by atoms with van der Waals surface area (Å²) in [6, 6.07) is 10.8. The van der Waals surface area contributed by atoms with Gasteiger partial charge in [-0.2, -0.15) is 0 Å². The molecule has 0 radical (unpaired) electrons. The number of amides is 3. The largest absolute Gasteiger partial charge is 0.451 e. The van der Waals surface area contributed by atoms with E-state index in [1.54, 1.807) is 18.2 Å². The number of carbonyl (C=O) groups excluding carboxylic acids is 4.